The summed E-state index contributed by atoms with van der Waals surface area (Å²) >= 11 is 0. The van der Waals surface area contributed by atoms with E-state index in [-0.39, 0.29) is 0 Å². The van der Waals surface area contributed by atoms with E-state index < -0.39 is 0 Å². The molecule has 112 valence electrons. The van der Waals surface area contributed by atoms with Crippen LogP contribution in [-0.2, 0) is 6.54 Å². The first kappa shape index (κ1) is 15.2. The minimum Gasteiger partial charge on any atom is -0.357 e. The maximum Gasteiger partial charge on any atom is 0.146 e. The van der Waals surface area contributed by atoms with E-state index in [4.69, 9.17) is 0 Å². The molecule has 0 spiro atoms. The second kappa shape index (κ2) is 7.55. The number of hydrogen-bond donors (Lipinski definition) is 1. The maximum atomic E-state index is 4.53. The number of nitrogens with zero attached hydrogens (tertiary/aromatic N) is 4. The SMILES string of the molecule is CCCNCc1cnc(N(C)CC2CCCN2C)cn1. The predicted octanol–water partition coefficient (Wildman–Crippen LogP) is 1.51. The summed E-state index contributed by atoms with van der Waals surface area (Å²) in [6.07, 6.45) is 7.50. The number of aromatic nitrogens is 2. The summed E-state index contributed by atoms with van der Waals surface area (Å²) < 4.78 is 0. The monoisotopic (exact) mass is 277 g/mol. The average Bonchev–Trinajstić information content (AvgIpc) is 2.85. The second-order valence-corrected chi connectivity index (χ2v) is 5.70. The van der Waals surface area contributed by atoms with Gasteiger partial charge in [-0.3, -0.25) is 4.98 Å². The largest absolute Gasteiger partial charge is 0.357 e. The van der Waals surface area contributed by atoms with Gasteiger partial charge >= 0.3 is 0 Å². The molecule has 1 aliphatic heterocycles. The summed E-state index contributed by atoms with van der Waals surface area (Å²) in [5, 5.41) is 3.34. The Labute approximate surface area is 122 Å². The predicted molar refractivity (Wildman–Crippen MR) is 83.0 cm³/mol. The summed E-state index contributed by atoms with van der Waals surface area (Å²) in [6.45, 7) is 6.23. The quantitative estimate of drug-likeness (QED) is 0.765. The molecule has 2 heterocycles. The molecule has 1 aliphatic rings. The van der Waals surface area contributed by atoms with Crippen molar-refractivity contribution >= 4 is 5.82 Å². The molecule has 1 atom stereocenters. The summed E-state index contributed by atoms with van der Waals surface area (Å²) in [6, 6.07) is 0.646. The van der Waals surface area contributed by atoms with Gasteiger partial charge in [-0.15, -0.1) is 0 Å². The fourth-order valence-electron chi connectivity index (χ4n) is 2.65. The van der Waals surface area contributed by atoms with Crippen molar-refractivity contribution in [1.82, 2.24) is 20.2 Å². The Balaban J connectivity index is 1.85. The Morgan fingerprint density at radius 3 is 2.85 bits per heavy atom. The highest BCUT2D eigenvalue weighted by atomic mass is 15.2. The minimum atomic E-state index is 0.646. The number of likely N-dealkylation sites (N-methyl/N-ethyl adjacent to an activating group) is 2. The average molecular weight is 277 g/mol. The van der Waals surface area contributed by atoms with Crippen LogP contribution in [0.1, 0.15) is 31.9 Å². The first-order valence-electron chi connectivity index (χ1n) is 7.63. The van der Waals surface area contributed by atoms with E-state index in [1.807, 2.05) is 12.4 Å². The number of likely N-dealkylation sites (tertiary alicyclic amines) is 1. The molecule has 2 rings (SSSR count). The lowest BCUT2D eigenvalue weighted by molar-refractivity contribution is 0.314. The van der Waals surface area contributed by atoms with Crippen LogP contribution in [0.15, 0.2) is 12.4 Å². The number of rotatable bonds is 7. The van der Waals surface area contributed by atoms with Gasteiger partial charge in [0.15, 0.2) is 0 Å². The van der Waals surface area contributed by atoms with Crippen molar-refractivity contribution in [2.45, 2.75) is 38.8 Å². The Bertz CT molecular complexity index is 392. The third kappa shape index (κ3) is 4.15. The molecule has 20 heavy (non-hydrogen) atoms. The van der Waals surface area contributed by atoms with Crippen LogP contribution in [0.5, 0.6) is 0 Å². The Kier molecular flexibility index (Phi) is 5.73. The molecule has 1 fully saturated rings. The number of nitrogens with one attached hydrogen (secondary N) is 1. The molecule has 1 aromatic heterocycles. The summed E-state index contributed by atoms with van der Waals surface area (Å²) in [7, 11) is 4.31. The van der Waals surface area contributed by atoms with E-state index in [1.54, 1.807) is 0 Å². The normalized spacial score (nSPS) is 19.4. The molecule has 5 heteroatoms. The van der Waals surface area contributed by atoms with Gasteiger partial charge in [-0.2, -0.15) is 0 Å². The summed E-state index contributed by atoms with van der Waals surface area (Å²) in [4.78, 5) is 13.7. The van der Waals surface area contributed by atoms with E-state index in [1.165, 1.54) is 19.4 Å². The van der Waals surface area contributed by atoms with Crippen molar-refractivity contribution in [3.8, 4) is 0 Å². The second-order valence-electron chi connectivity index (χ2n) is 5.70. The zero-order valence-electron chi connectivity index (χ0n) is 13.0. The third-order valence-corrected chi connectivity index (χ3v) is 3.97. The first-order chi connectivity index (χ1) is 9.70. The van der Waals surface area contributed by atoms with Crippen molar-refractivity contribution in [3.63, 3.8) is 0 Å². The number of hydrogen-bond acceptors (Lipinski definition) is 5. The van der Waals surface area contributed by atoms with Gasteiger partial charge < -0.3 is 15.1 Å². The van der Waals surface area contributed by atoms with Gasteiger partial charge in [0, 0.05) is 26.2 Å². The minimum absolute atomic E-state index is 0.646. The van der Waals surface area contributed by atoms with Crippen LogP contribution in [-0.4, -0.2) is 54.6 Å². The van der Waals surface area contributed by atoms with E-state index in [2.05, 4.69) is 46.1 Å². The van der Waals surface area contributed by atoms with Gasteiger partial charge in [0.25, 0.3) is 0 Å². The molecule has 5 nitrogen and oxygen atoms in total. The lowest BCUT2D eigenvalue weighted by atomic mass is 10.2. The highest BCUT2D eigenvalue weighted by Crippen LogP contribution is 2.17. The van der Waals surface area contributed by atoms with Crippen molar-refractivity contribution in [1.29, 1.82) is 0 Å². The third-order valence-electron chi connectivity index (χ3n) is 3.97. The van der Waals surface area contributed by atoms with Crippen molar-refractivity contribution < 1.29 is 0 Å². The van der Waals surface area contributed by atoms with E-state index in [0.29, 0.717) is 6.04 Å². The maximum absolute atomic E-state index is 4.53. The topological polar surface area (TPSA) is 44.3 Å². The van der Waals surface area contributed by atoms with Gasteiger partial charge in [-0.1, -0.05) is 6.92 Å². The van der Waals surface area contributed by atoms with Crippen LogP contribution in [0.3, 0.4) is 0 Å². The van der Waals surface area contributed by atoms with Crippen LogP contribution < -0.4 is 10.2 Å². The number of anilines is 1. The molecule has 1 saturated heterocycles. The smallest absolute Gasteiger partial charge is 0.146 e. The molecule has 0 amide bonds. The molecule has 0 bridgehead atoms. The summed E-state index contributed by atoms with van der Waals surface area (Å²) in [5.74, 6) is 0.963. The van der Waals surface area contributed by atoms with Crippen molar-refractivity contribution in [2.75, 3.05) is 38.6 Å². The molecule has 1 N–H and O–H groups in total. The van der Waals surface area contributed by atoms with Crippen molar-refractivity contribution in [3.05, 3.63) is 18.1 Å². The summed E-state index contributed by atoms with van der Waals surface area (Å²) in [5.41, 5.74) is 1.01. The van der Waals surface area contributed by atoms with E-state index in [9.17, 15) is 0 Å². The molecule has 0 saturated carbocycles. The van der Waals surface area contributed by atoms with E-state index >= 15 is 0 Å². The molecular weight excluding hydrogens is 250 g/mol. The highest BCUT2D eigenvalue weighted by molar-refractivity contribution is 5.34. The van der Waals surface area contributed by atoms with Gasteiger partial charge in [-0.05, 0) is 39.4 Å². The van der Waals surface area contributed by atoms with Crippen LogP contribution >= 0.6 is 0 Å². The standard InChI is InChI=1S/C15H27N5/c1-4-7-16-9-13-10-18-15(11-17-13)20(3)12-14-6-5-8-19(14)2/h10-11,14,16H,4-9,12H2,1-3H3. The van der Waals surface area contributed by atoms with E-state index in [0.717, 1.165) is 37.6 Å². The molecule has 0 aliphatic carbocycles. The fraction of sp³-hybridized carbons (Fsp3) is 0.733. The zero-order chi connectivity index (χ0) is 14.4. The fourth-order valence-corrected chi connectivity index (χ4v) is 2.65. The molecule has 1 unspecified atom stereocenters. The molecule has 0 radical (unpaired) electrons. The van der Waals surface area contributed by atoms with Gasteiger partial charge in [0.05, 0.1) is 18.1 Å². The Morgan fingerprint density at radius 2 is 2.25 bits per heavy atom. The molecule has 0 aromatic carbocycles. The van der Waals surface area contributed by atoms with Crippen LogP contribution in [0.25, 0.3) is 0 Å². The zero-order valence-corrected chi connectivity index (χ0v) is 13.0. The Hall–Kier alpha value is -1.20. The van der Waals surface area contributed by atoms with Crippen molar-refractivity contribution in [2.24, 2.45) is 0 Å². The first-order valence-corrected chi connectivity index (χ1v) is 7.63. The van der Waals surface area contributed by atoms with Gasteiger partial charge in [0.2, 0.25) is 0 Å². The lowest BCUT2D eigenvalue weighted by Gasteiger charge is -2.26. The lowest BCUT2D eigenvalue weighted by Crippen LogP contribution is -2.37. The van der Waals surface area contributed by atoms with Crippen LogP contribution in [0.2, 0.25) is 0 Å². The molecule has 1 aromatic rings. The molecular formula is C15H27N5. The van der Waals surface area contributed by atoms with Gasteiger partial charge in [0.1, 0.15) is 5.82 Å². The van der Waals surface area contributed by atoms with Crippen LogP contribution in [0.4, 0.5) is 5.82 Å². The van der Waals surface area contributed by atoms with Gasteiger partial charge in [-0.25, -0.2) is 4.98 Å². The van der Waals surface area contributed by atoms with Crippen LogP contribution in [0, 0.1) is 0 Å². The Morgan fingerprint density at radius 1 is 1.40 bits per heavy atom. The highest BCUT2D eigenvalue weighted by Gasteiger charge is 2.22.